The second kappa shape index (κ2) is 4.11. The highest BCUT2D eigenvalue weighted by Crippen LogP contribution is 2.62. The number of carbonyl (C=O) groups excluding carboxylic acids is 1. The minimum absolute atomic E-state index is 0.168. The lowest BCUT2D eigenvalue weighted by Crippen LogP contribution is -2.50. The highest BCUT2D eigenvalue weighted by molar-refractivity contribution is 5.68. The summed E-state index contributed by atoms with van der Waals surface area (Å²) in [6.07, 6.45) is 4.58. The third-order valence-corrected chi connectivity index (χ3v) is 5.23. The minimum Gasteiger partial charge on any atom is -0.444 e. The molecule has 4 nitrogen and oxygen atoms in total. The highest BCUT2D eigenvalue weighted by Gasteiger charge is 2.59. The molecule has 1 aliphatic heterocycles. The van der Waals surface area contributed by atoms with E-state index in [1.807, 2.05) is 25.7 Å². The predicted molar refractivity (Wildman–Crippen MR) is 73.7 cm³/mol. The van der Waals surface area contributed by atoms with E-state index in [0.717, 1.165) is 37.8 Å². The first-order chi connectivity index (χ1) is 8.81. The molecule has 1 amide bonds. The first-order valence-corrected chi connectivity index (χ1v) is 7.54. The Labute approximate surface area is 115 Å². The Hall–Kier alpha value is -0.770. The molecule has 3 fully saturated rings. The van der Waals surface area contributed by atoms with Crippen LogP contribution in [0.3, 0.4) is 0 Å². The van der Waals surface area contributed by atoms with Gasteiger partial charge >= 0.3 is 6.09 Å². The van der Waals surface area contributed by atoms with Crippen LogP contribution in [0.1, 0.15) is 46.5 Å². The van der Waals surface area contributed by atoms with Crippen molar-refractivity contribution in [2.24, 2.45) is 23.0 Å². The number of hydrogen-bond donors (Lipinski definition) is 1. The summed E-state index contributed by atoms with van der Waals surface area (Å²) >= 11 is 0. The Morgan fingerprint density at radius 2 is 1.95 bits per heavy atom. The molecule has 3 unspecified atom stereocenters. The van der Waals surface area contributed by atoms with Gasteiger partial charge in [0.05, 0.1) is 0 Å². The zero-order valence-electron chi connectivity index (χ0n) is 12.3. The molecule has 19 heavy (non-hydrogen) atoms. The molecule has 3 aliphatic rings. The number of nitrogens with zero attached hydrogens (tertiary/aromatic N) is 1. The third kappa shape index (κ3) is 2.35. The average Bonchev–Trinajstić information content (AvgIpc) is 3.00. The molecule has 2 N–H and O–H groups in total. The highest BCUT2D eigenvalue weighted by atomic mass is 16.6. The molecule has 0 bridgehead atoms. The first-order valence-electron chi connectivity index (χ1n) is 7.54. The molecule has 4 heteroatoms. The van der Waals surface area contributed by atoms with Gasteiger partial charge < -0.3 is 15.4 Å². The first kappa shape index (κ1) is 13.2. The van der Waals surface area contributed by atoms with Gasteiger partial charge in [0.25, 0.3) is 0 Å². The van der Waals surface area contributed by atoms with Gasteiger partial charge in [0, 0.05) is 19.1 Å². The number of carbonyl (C=O) groups is 1. The number of hydrogen-bond acceptors (Lipinski definition) is 3. The van der Waals surface area contributed by atoms with Crippen LogP contribution in [0.25, 0.3) is 0 Å². The lowest BCUT2D eigenvalue weighted by molar-refractivity contribution is 0.00696. The van der Waals surface area contributed by atoms with E-state index in [1.54, 1.807) is 0 Å². The van der Waals surface area contributed by atoms with Crippen molar-refractivity contribution in [3.05, 3.63) is 0 Å². The van der Waals surface area contributed by atoms with Crippen LogP contribution in [0.4, 0.5) is 4.79 Å². The fourth-order valence-corrected chi connectivity index (χ4v) is 4.06. The van der Waals surface area contributed by atoms with Crippen LogP contribution in [-0.4, -0.2) is 35.7 Å². The molecule has 0 aromatic carbocycles. The third-order valence-electron chi connectivity index (χ3n) is 5.23. The predicted octanol–water partition coefficient (Wildman–Crippen LogP) is 2.37. The zero-order valence-corrected chi connectivity index (χ0v) is 12.3. The molecule has 0 aromatic rings. The van der Waals surface area contributed by atoms with Crippen LogP contribution in [0.2, 0.25) is 0 Å². The fraction of sp³-hybridized carbons (Fsp3) is 0.933. The van der Waals surface area contributed by atoms with Crippen molar-refractivity contribution in [1.82, 2.24) is 4.90 Å². The van der Waals surface area contributed by atoms with Crippen molar-refractivity contribution in [3.63, 3.8) is 0 Å². The fourth-order valence-electron chi connectivity index (χ4n) is 4.06. The van der Waals surface area contributed by atoms with Crippen molar-refractivity contribution in [3.8, 4) is 0 Å². The molecule has 3 rings (SSSR count). The molecule has 0 aromatic heterocycles. The van der Waals surface area contributed by atoms with E-state index in [9.17, 15) is 4.79 Å². The maximum Gasteiger partial charge on any atom is 0.410 e. The van der Waals surface area contributed by atoms with Crippen LogP contribution >= 0.6 is 0 Å². The molecule has 3 atom stereocenters. The number of amides is 1. The number of rotatable bonds is 0. The summed E-state index contributed by atoms with van der Waals surface area (Å²) in [7, 11) is 0. The summed E-state index contributed by atoms with van der Waals surface area (Å²) in [6, 6.07) is 0.373. The Bertz CT molecular complexity index is 380. The Kier molecular flexibility index (Phi) is 2.86. The van der Waals surface area contributed by atoms with Gasteiger partial charge in [-0.2, -0.15) is 0 Å². The van der Waals surface area contributed by atoms with Gasteiger partial charge in [-0.05, 0) is 63.7 Å². The number of likely N-dealkylation sites (tertiary alicyclic amines) is 1. The molecule has 1 spiro atoms. The Morgan fingerprint density at radius 3 is 2.42 bits per heavy atom. The average molecular weight is 266 g/mol. The van der Waals surface area contributed by atoms with E-state index >= 15 is 0 Å². The maximum atomic E-state index is 12.0. The topological polar surface area (TPSA) is 55.6 Å². The number of fused-ring (bicyclic) bond motifs is 1. The Balaban J connectivity index is 1.56. The quantitative estimate of drug-likeness (QED) is 0.732. The SMILES string of the molecule is CC(C)(C)OC(=O)N1CCC2(CC1)CC1CC1C2N. The molecular weight excluding hydrogens is 240 g/mol. The summed E-state index contributed by atoms with van der Waals surface area (Å²) < 4.78 is 5.44. The molecular formula is C15H26N2O2. The van der Waals surface area contributed by atoms with Crippen molar-refractivity contribution in [2.75, 3.05) is 13.1 Å². The summed E-state index contributed by atoms with van der Waals surface area (Å²) in [5.74, 6) is 1.68. The van der Waals surface area contributed by atoms with Gasteiger partial charge in [-0.15, -0.1) is 0 Å². The van der Waals surface area contributed by atoms with Crippen LogP contribution in [0, 0.1) is 17.3 Å². The summed E-state index contributed by atoms with van der Waals surface area (Å²) in [5.41, 5.74) is 6.34. The van der Waals surface area contributed by atoms with Crippen molar-refractivity contribution in [1.29, 1.82) is 0 Å². The summed E-state index contributed by atoms with van der Waals surface area (Å²) in [5, 5.41) is 0. The van der Waals surface area contributed by atoms with E-state index in [1.165, 1.54) is 12.8 Å². The molecule has 108 valence electrons. The largest absolute Gasteiger partial charge is 0.444 e. The smallest absolute Gasteiger partial charge is 0.410 e. The van der Waals surface area contributed by atoms with Crippen LogP contribution in [0.5, 0.6) is 0 Å². The van der Waals surface area contributed by atoms with Gasteiger partial charge in [-0.25, -0.2) is 4.79 Å². The van der Waals surface area contributed by atoms with Crippen LogP contribution in [-0.2, 0) is 4.74 Å². The summed E-state index contributed by atoms with van der Waals surface area (Å²) in [4.78, 5) is 13.9. The zero-order chi connectivity index (χ0) is 13.8. The molecule has 1 saturated heterocycles. The summed E-state index contributed by atoms with van der Waals surface area (Å²) in [6.45, 7) is 7.36. The number of piperidine rings is 1. The second-order valence-corrected chi connectivity index (χ2v) is 7.72. The van der Waals surface area contributed by atoms with Crippen molar-refractivity contribution < 1.29 is 9.53 Å². The van der Waals surface area contributed by atoms with E-state index in [2.05, 4.69) is 0 Å². The van der Waals surface area contributed by atoms with E-state index in [0.29, 0.717) is 11.5 Å². The number of nitrogens with two attached hydrogens (primary N) is 1. The van der Waals surface area contributed by atoms with Crippen LogP contribution in [0.15, 0.2) is 0 Å². The lowest BCUT2D eigenvalue weighted by Gasteiger charge is -2.43. The van der Waals surface area contributed by atoms with E-state index in [4.69, 9.17) is 10.5 Å². The molecule has 2 aliphatic carbocycles. The lowest BCUT2D eigenvalue weighted by atomic mass is 9.72. The van der Waals surface area contributed by atoms with Gasteiger partial charge in [0.1, 0.15) is 5.60 Å². The minimum atomic E-state index is -0.405. The maximum absolute atomic E-state index is 12.0. The van der Waals surface area contributed by atoms with Crippen molar-refractivity contribution >= 4 is 6.09 Å². The van der Waals surface area contributed by atoms with Gasteiger partial charge in [-0.1, -0.05) is 0 Å². The van der Waals surface area contributed by atoms with Gasteiger partial charge in [0.15, 0.2) is 0 Å². The van der Waals surface area contributed by atoms with E-state index in [-0.39, 0.29) is 6.09 Å². The van der Waals surface area contributed by atoms with Gasteiger partial charge in [0.2, 0.25) is 0 Å². The van der Waals surface area contributed by atoms with Crippen molar-refractivity contribution in [2.45, 2.75) is 58.1 Å². The number of ether oxygens (including phenoxy) is 1. The standard InChI is InChI=1S/C15H26N2O2/c1-14(2,3)19-13(18)17-6-4-15(5-7-17)9-10-8-11(10)12(15)16/h10-12H,4-9,16H2,1-3H3. The molecule has 2 saturated carbocycles. The monoisotopic (exact) mass is 266 g/mol. The Morgan fingerprint density at radius 1 is 1.32 bits per heavy atom. The molecule has 1 heterocycles. The van der Waals surface area contributed by atoms with E-state index < -0.39 is 5.60 Å². The van der Waals surface area contributed by atoms with Crippen LogP contribution < -0.4 is 5.73 Å². The van der Waals surface area contributed by atoms with Gasteiger partial charge in [-0.3, -0.25) is 0 Å². The normalized spacial score (nSPS) is 36.2. The second-order valence-electron chi connectivity index (χ2n) is 7.72. The molecule has 0 radical (unpaired) electrons.